The highest BCUT2D eigenvalue weighted by Gasteiger charge is 2.30. The average molecular weight is 312 g/mol. The molecule has 1 aromatic heterocycles. The average Bonchev–Trinajstić information content (AvgIpc) is 2.41. The number of hydrogen-bond acceptors (Lipinski definition) is 3. The molecular weight excluding hydrogens is 294 g/mol. The Labute approximate surface area is 115 Å². The number of nitrogens with two attached hydrogens (primary N) is 1. The molecule has 4 nitrogen and oxygen atoms in total. The Morgan fingerprint density at radius 3 is 3.00 bits per heavy atom. The maximum Gasteiger partial charge on any atom is 0.228 e. The van der Waals surface area contributed by atoms with Crippen molar-refractivity contribution in [2.45, 2.75) is 25.7 Å². The second kappa shape index (κ2) is 6.29. The van der Waals surface area contributed by atoms with Gasteiger partial charge in [-0.2, -0.15) is 0 Å². The van der Waals surface area contributed by atoms with Crippen LogP contribution in [0.15, 0.2) is 22.8 Å². The molecule has 98 valence electrons. The molecule has 0 aliphatic heterocycles. The van der Waals surface area contributed by atoms with Gasteiger partial charge in [-0.1, -0.05) is 12.8 Å². The standard InChI is InChI=1S/C13H18BrN3O/c14-11-6-3-7-16-12(11)17-13(18)10-5-2-1-4-9(10)8-15/h3,6-7,9-10H,1-2,4-5,8,15H2,(H,16,17,18). The SMILES string of the molecule is NCC1CCCCC1C(=O)Nc1ncccc1Br. The predicted octanol–water partition coefficient (Wildman–Crippen LogP) is 2.55. The van der Waals surface area contributed by atoms with E-state index in [4.69, 9.17) is 5.73 Å². The van der Waals surface area contributed by atoms with Crippen molar-refractivity contribution in [3.05, 3.63) is 22.8 Å². The zero-order chi connectivity index (χ0) is 13.0. The Kier molecular flexibility index (Phi) is 4.72. The van der Waals surface area contributed by atoms with E-state index in [0.29, 0.717) is 18.3 Å². The lowest BCUT2D eigenvalue weighted by Gasteiger charge is -2.29. The normalized spacial score (nSPS) is 23.7. The van der Waals surface area contributed by atoms with Crippen molar-refractivity contribution in [3.63, 3.8) is 0 Å². The predicted molar refractivity (Wildman–Crippen MR) is 75.1 cm³/mol. The van der Waals surface area contributed by atoms with E-state index in [1.54, 1.807) is 6.20 Å². The molecule has 1 amide bonds. The fourth-order valence-corrected chi connectivity index (χ4v) is 2.88. The Morgan fingerprint density at radius 1 is 1.50 bits per heavy atom. The summed E-state index contributed by atoms with van der Waals surface area (Å²) >= 11 is 3.38. The van der Waals surface area contributed by atoms with Crippen molar-refractivity contribution < 1.29 is 4.79 Å². The Hall–Kier alpha value is -0.940. The minimum absolute atomic E-state index is 0.0256. The molecule has 0 spiro atoms. The van der Waals surface area contributed by atoms with E-state index in [1.165, 1.54) is 6.42 Å². The molecule has 0 radical (unpaired) electrons. The molecule has 1 saturated carbocycles. The van der Waals surface area contributed by atoms with Gasteiger partial charge in [-0.05, 0) is 53.4 Å². The minimum atomic E-state index is 0.0256. The fraction of sp³-hybridized carbons (Fsp3) is 0.538. The van der Waals surface area contributed by atoms with Crippen LogP contribution >= 0.6 is 15.9 Å². The summed E-state index contributed by atoms with van der Waals surface area (Å²) in [6, 6.07) is 3.69. The lowest BCUT2D eigenvalue weighted by Crippen LogP contribution is -2.35. The first-order valence-corrected chi connectivity index (χ1v) is 7.13. The molecule has 1 aliphatic rings. The van der Waals surface area contributed by atoms with Gasteiger partial charge in [0.15, 0.2) is 0 Å². The molecule has 2 atom stereocenters. The number of rotatable bonds is 3. The molecule has 1 aliphatic carbocycles. The van der Waals surface area contributed by atoms with Crippen LogP contribution in [0, 0.1) is 11.8 Å². The summed E-state index contributed by atoms with van der Waals surface area (Å²) in [6.45, 7) is 0.585. The van der Waals surface area contributed by atoms with E-state index in [1.807, 2.05) is 12.1 Å². The lowest BCUT2D eigenvalue weighted by atomic mass is 9.79. The van der Waals surface area contributed by atoms with E-state index in [9.17, 15) is 4.79 Å². The Bertz CT molecular complexity index is 424. The first-order valence-electron chi connectivity index (χ1n) is 6.34. The maximum atomic E-state index is 12.3. The van der Waals surface area contributed by atoms with E-state index < -0.39 is 0 Å². The molecule has 1 aromatic rings. The number of hydrogen-bond donors (Lipinski definition) is 2. The minimum Gasteiger partial charge on any atom is -0.330 e. The first kappa shape index (κ1) is 13.5. The van der Waals surface area contributed by atoms with Crippen molar-refractivity contribution in [3.8, 4) is 0 Å². The number of nitrogens with zero attached hydrogens (tertiary/aromatic N) is 1. The smallest absolute Gasteiger partial charge is 0.228 e. The van der Waals surface area contributed by atoms with Crippen molar-refractivity contribution in [2.75, 3.05) is 11.9 Å². The number of aromatic nitrogens is 1. The molecule has 2 unspecified atom stereocenters. The van der Waals surface area contributed by atoms with Gasteiger partial charge < -0.3 is 11.1 Å². The molecule has 1 heterocycles. The van der Waals surface area contributed by atoms with Crippen LogP contribution in [0.3, 0.4) is 0 Å². The second-order valence-corrected chi connectivity index (χ2v) is 5.56. The van der Waals surface area contributed by atoms with Crippen LogP contribution in [0.4, 0.5) is 5.82 Å². The van der Waals surface area contributed by atoms with Gasteiger partial charge >= 0.3 is 0 Å². The third kappa shape index (κ3) is 3.09. The Balaban J connectivity index is 2.05. The van der Waals surface area contributed by atoms with Gasteiger partial charge in [-0.25, -0.2) is 4.98 Å². The number of nitrogens with one attached hydrogen (secondary N) is 1. The van der Waals surface area contributed by atoms with Gasteiger partial charge in [0.1, 0.15) is 5.82 Å². The molecule has 2 rings (SSSR count). The largest absolute Gasteiger partial charge is 0.330 e. The third-order valence-corrected chi connectivity index (χ3v) is 4.19. The molecule has 0 aromatic carbocycles. The van der Waals surface area contributed by atoms with E-state index in [2.05, 4.69) is 26.2 Å². The highest BCUT2D eigenvalue weighted by molar-refractivity contribution is 9.10. The zero-order valence-electron chi connectivity index (χ0n) is 10.2. The number of amides is 1. The van der Waals surface area contributed by atoms with Crippen LogP contribution in [0.1, 0.15) is 25.7 Å². The van der Waals surface area contributed by atoms with Crippen molar-refractivity contribution in [1.82, 2.24) is 4.98 Å². The van der Waals surface area contributed by atoms with Gasteiger partial charge in [-0.3, -0.25) is 4.79 Å². The molecular formula is C13H18BrN3O. The highest BCUT2D eigenvalue weighted by atomic mass is 79.9. The molecule has 5 heteroatoms. The highest BCUT2D eigenvalue weighted by Crippen LogP contribution is 2.30. The van der Waals surface area contributed by atoms with Crippen molar-refractivity contribution >= 4 is 27.7 Å². The topological polar surface area (TPSA) is 68.0 Å². The van der Waals surface area contributed by atoms with Crippen molar-refractivity contribution in [1.29, 1.82) is 0 Å². The van der Waals surface area contributed by atoms with Gasteiger partial charge in [0, 0.05) is 12.1 Å². The van der Waals surface area contributed by atoms with E-state index in [0.717, 1.165) is 23.7 Å². The van der Waals surface area contributed by atoms with Crippen LogP contribution in [0.2, 0.25) is 0 Å². The number of carbonyl (C=O) groups excluding carboxylic acids is 1. The molecule has 0 saturated heterocycles. The summed E-state index contributed by atoms with van der Waals surface area (Å²) in [4.78, 5) is 16.4. The summed E-state index contributed by atoms with van der Waals surface area (Å²) < 4.78 is 0.804. The summed E-state index contributed by atoms with van der Waals surface area (Å²) in [5.74, 6) is 0.965. The summed E-state index contributed by atoms with van der Waals surface area (Å²) in [7, 11) is 0. The van der Waals surface area contributed by atoms with Gasteiger partial charge in [0.05, 0.1) is 4.47 Å². The second-order valence-electron chi connectivity index (χ2n) is 4.71. The molecule has 1 fully saturated rings. The molecule has 18 heavy (non-hydrogen) atoms. The van der Waals surface area contributed by atoms with Crippen LogP contribution in [-0.2, 0) is 4.79 Å². The first-order chi connectivity index (χ1) is 8.72. The maximum absolute atomic E-state index is 12.3. The number of anilines is 1. The van der Waals surface area contributed by atoms with E-state index in [-0.39, 0.29) is 11.8 Å². The third-order valence-electron chi connectivity index (χ3n) is 3.55. The number of carbonyl (C=O) groups is 1. The number of pyridine rings is 1. The van der Waals surface area contributed by atoms with Crippen LogP contribution in [0.5, 0.6) is 0 Å². The van der Waals surface area contributed by atoms with Crippen LogP contribution < -0.4 is 11.1 Å². The van der Waals surface area contributed by atoms with Crippen LogP contribution in [-0.4, -0.2) is 17.4 Å². The fourth-order valence-electron chi connectivity index (χ4n) is 2.52. The zero-order valence-corrected chi connectivity index (χ0v) is 11.8. The summed E-state index contributed by atoms with van der Waals surface area (Å²) in [5, 5.41) is 2.89. The Morgan fingerprint density at radius 2 is 2.28 bits per heavy atom. The van der Waals surface area contributed by atoms with Crippen LogP contribution in [0.25, 0.3) is 0 Å². The quantitative estimate of drug-likeness (QED) is 0.901. The molecule has 0 bridgehead atoms. The van der Waals surface area contributed by atoms with E-state index >= 15 is 0 Å². The number of halogens is 1. The van der Waals surface area contributed by atoms with Gasteiger partial charge in [0.2, 0.25) is 5.91 Å². The summed E-state index contributed by atoms with van der Waals surface area (Å²) in [5.41, 5.74) is 5.75. The summed E-state index contributed by atoms with van der Waals surface area (Å²) in [6.07, 6.45) is 5.94. The van der Waals surface area contributed by atoms with Gasteiger partial charge in [0.25, 0.3) is 0 Å². The van der Waals surface area contributed by atoms with Crippen molar-refractivity contribution in [2.24, 2.45) is 17.6 Å². The monoisotopic (exact) mass is 311 g/mol. The van der Waals surface area contributed by atoms with Gasteiger partial charge in [-0.15, -0.1) is 0 Å². The lowest BCUT2D eigenvalue weighted by molar-refractivity contribution is -0.122. The molecule has 3 N–H and O–H groups in total.